The van der Waals surface area contributed by atoms with Crippen molar-refractivity contribution in [3.63, 3.8) is 0 Å². The number of carboxylic acids is 1. The molecule has 0 heterocycles. The number of nitrogens with one attached hydrogen (secondary N) is 1. The van der Waals surface area contributed by atoms with Crippen LogP contribution in [0.5, 0.6) is 0 Å². The van der Waals surface area contributed by atoms with Gasteiger partial charge in [0, 0.05) is 26.1 Å². The van der Waals surface area contributed by atoms with Crippen LogP contribution in [0.15, 0.2) is 48.5 Å². The molecule has 180 valence electrons. The topological polar surface area (TPSA) is 105 Å². The van der Waals surface area contributed by atoms with Gasteiger partial charge in [-0.25, -0.2) is 4.79 Å². The second-order valence-electron chi connectivity index (χ2n) is 9.29. The second kappa shape index (κ2) is 9.46. The average Bonchev–Trinajstić information content (AvgIpc) is 3.09. The van der Waals surface area contributed by atoms with Gasteiger partial charge in [0.15, 0.2) is 0 Å². The molecular weight excluding hydrogens is 436 g/mol. The van der Waals surface area contributed by atoms with E-state index < -0.39 is 23.5 Å². The average molecular weight is 467 g/mol. The zero-order valence-electron chi connectivity index (χ0n) is 19.6. The molecule has 2 aromatic rings. The van der Waals surface area contributed by atoms with Crippen LogP contribution in [0, 0.1) is 5.92 Å². The number of methoxy groups -OCH3 is 1. The normalized spacial score (nSPS) is 20.3. The van der Waals surface area contributed by atoms with E-state index in [9.17, 15) is 14.4 Å². The number of carbonyl (C=O) groups is 3. The molecule has 4 rings (SSSR count). The molecule has 34 heavy (non-hydrogen) atoms. The molecule has 1 unspecified atom stereocenters. The highest BCUT2D eigenvalue weighted by Gasteiger charge is 2.44. The minimum Gasteiger partial charge on any atom is -0.481 e. The molecule has 2 N–H and O–H groups in total. The maximum atomic E-state index is 13.2. The number of hydrogen-bond acceptors (Lipinski definition) is 5. The van der Waals surface area contributed by atoms with Gasteiger partial charge in [-0.15, -0.1) is 0 Å². The Morgan fingerprint density at radius 1 is 1.06 bits per heavy atom. The standard InChI is InChI=1S/C26H30N2O6/c1-26(15-33-3,24(31)28(2)17-12-16(13-17)23(29)30)27-25(32)34-14-22-20-10-6-4-8-18(20)19-9-5-7-11-21(19)22/h4-11,16-17,22H,12-15H2,1-3H3,(H,27,32)(H,29,30). The Kier molecular flexibility index (Phi) is 6.61. The monoisotopic (exact) mass is 466 g/mol. The molecule has 0 aliphatic heterocycles. The summed E-state index contributed by atoms with van der Waals surface area (Å²) in [5.74, 6) is -1.73. The van der Waals surface area contributed by atoms with Crippen molar-refractivity contribution >= 4 is 18.0 Å². The molecule has 1 fully saturated rings. The number of fused-ring (bicyclic) bond motifs is 3. The lowest BCUT2D eigenvalue weighted by molar-refractivity contribution is -0.152. The molecular formula is C26H30N2O6. The molecule has 0 radical (unpaired) electrons. The van der Waals surface area contributed by atoms with Crippen molar-refractivity contribution in [3.05, 3.63) is 59.7 Å². The number of carbonyl (C=O) groups excluding carboxylic acids is 2. The molecule has 2 aliphatic carbocycles. The predicted molar refractivity (Wildman–Crippen MR) is 125 cm³/mol. The van der Waals surface area contributed by atoms with Crippen LogP contribution in [0.1, 0.15) is 36.8 Å². The highest BCUT2D eigenvalue weighted by molar-refractivity contribution is 5.90. The number of likely N-dealkylation sites (N-methyl/N-ethyl adjacent to an activating group) is 1. The van der Waals surface area contributed by atoms with Crippen LogP contribution in [0.25, 0.3) is 11.1 Å². The third-order valence-corrected chi connectivity index (χ3v) is 6.96. The predicted octanol–water partition coefficient (Wildman–Crippen LogP) is 3.25. The van der Waals surface area contributed by atoms with Gasteiger partial charge in [0.25, 0.3) is 5.91 Å². The Morgan fingerprint density at radius 3 is 2.15 bits per heavy atom. The third-order valence-electron chi connectivity index (χ3n) is 6.96. The number of nitrogens with zero attached hydrogens (tertiary/aromatic N) is 1. The lowest BCUT2D eigenvalue weighted by Gasteiger charge is -2.42. The van der Waals surface area contributed by atoms with Crippen molar-refractivity contribution in [3.8, 4) is 11.1 Å². The Bertz CT molecular complexity index is 1050. The Balaban J connectivity index is 1.41. The summed E-state index contributed by atoms with van der Waals surface area (Å²) in [5.41, 5.74) is 3.12. The first kappa shape index (κ1) is 23.8. The number of rotatable bonds is 8. The van der Waals surface area contributed by atoms with Crippen LogP contribution in [-0.4, -0.2) is 66.9 Å². The van der Waals surface area contributed by atoms with Gasteiger partial charge in [-0.2, -0.15) is 0 Å². The van der Waals surface area contributed by atoms with Crippen LogP contribution in [-0.2, 0) is 19.1 Å². The van der Waals surface area contributed by atoms with Gasteiger partial charge in [-0.05, 0) is 42.0 Å². The fourth-order valence-corrected chi connectivity index (χ4v) is 4.96. The molecule has 2 amide bonds. The highest BCUT2D eigenvalue weighted by atomic mass is 16.5. The highest BCUT2D eigenvalue weighted by Crippen LogP contribution is 2.44. The van der Waals surface area contributed by atoms with E-state index in [-0.39, 0.29) is 31.1 Å². The third kappa shape index (κ3) is 4.37. The van der Waals surface area contributed by atoms with E-state index in [0.29, 0.717) is 12.8 Å². The van der Waals surface area contributed by atoms with E-state index in [1.807, 2.05) is 36.4 Å². The van der Waals surface area contributed by atoms with Gasteiger partial charge in [0.1, 0.15) is 12.1 Å². The van der Waals surface area contributed by atoms with E-state index in [1.54, 1.807) is 14.0 Å². The fourth-order valence-electron chi connectivity index (χ4n) is 4.96. The lowest BCUT2D eigenvalue weighted by Crippen LogP contribution is -2.62. The van der Waals surface area contributed by atoms with Gasteiger partial charge in [0.2, 0.25) is 0 Å². The first-order valence-corrected chi connectivity index (χ1v) is 11.4. The second-order valence-corrected chi connectivity index (χ2v) is 9.29. The van der Waals surface area contributed by atoms with Crippen LogP contribution in [0.4, 0.5) is 4.79 Å². The molecule has 0 spiro atoms. The summed E-state index contributed by atoms with van der Waals surface area (Å²) in [6.45, 7) is 1.68. The number of ether oxygens (including phenoxy) is 2. The van der Waals surface area contributed by atoms with Gasteiger partial charge in [0.05, 0.1) is 12.5 Å². The fraction of sp³-hybridized carbons (Fsp3) is 0.423. The van der Waals surface area contributed by atoms with E-state index >= 15 is 0 Å². The minimum absolute atomic E-state index is 0.0462. The zero-order valence-corrected chi connectivity index (χ0v) is 19.6. The summed E-state index contributed by atoms with van der Waals surface area (Å²) in [6.07, 6.45) is 0.0807. The van der Waals surface area contributed by atoms with Gasteiger partial charge >= 0.3 is 12.1 Å². The molecule has 8 nitrogen and oxygen atoms in total. The Labute approximate surface area is 198 Å². The number of aliphatic carboxylic acids is 1. The smallest absolute Gasteiger partial charge is 0.408 e. The van der Waals surface area contributed by atoms with Crippen LogP contribution in [0.2, 0.25) is 0 Å². The quantitative estimate of drug-likeness (QED) is 0.619. The SMILES string of the molecule is COCC(C)(NC(=O)OCC1c2ccccc2-c2ccccc21)C(=O)N(C)C1CC(C(=O)O)C1. The Morgan fingerprint density at radius 2 is 1.62 bits per heavy atom. The molecule has 2 aliphatic rings. The summed E-state index contributed by atoms with van der Waals surface area (Å²) < 4.78 is 10.8. The van der Waals surface area contributed by atoms with Gasteiger partial charge in [-0.1, -0.05) is 48.5 Å². The van der Waals surface area contributed by atoms with E-state index in [1.165, 1.54) is 12.0 Å². The van der Waals surface area contributed by atoms with Crippen molar-refractivity contribution < 1.29 is 29.0 Å². The van der Waals surface area contributed by atoms with Gasteiger partial charge < -0.3 is 24.8 Å². The molecule has 8 heteroatoms. The largest absolute Gasteiger partial charge is 0.481 e. The molecule has 1 saturated carbocycles. The first-order chi connectivity index (χ1) is 16.2. The van der Waals surface area contributed by atoms with Crippen LogP contribution < -0.4 is 5.32 Å². The summed E-state index contributed by atoms with van der Waals surface area (Å²) in [5, 5.41) is 11.8. The zero-order chi connectivity index (χ0) is 24.5. The molecule has 0 aromatic heterocycles. The Hall–Kier alpha value is -3.39. The maximum Gasteiger partial charge on any atom is 0.408 e. The lowest BCUT2D eigenvalue weighted by atomic mass is 9.79. The number of carboxylic acid groups (broad SMARTS) is 1. The minimum atomic E-state index is -1.35. The summed E-state index contributed by atoms with van der Waals surface area (Å²) in [4.78, 5) is 38.6. The number of benzene rings is 2. The molecule has 0 saturated heterocycles. The first-order valence-electron chi connectivity index (χ1n) is 11.4. The van der Waals surface area contributed by atoms with Crippen molar-refractivity contribution in [1.29, 1.82) is 0 Å². The maximum absolute atomic E-state index is 13.2. The number of amides is 2. The molecule has 0 bridgehead atoms. The van der Waals surface area contributed by atoms with E-state index in [4.69, 9.17) is 14.6 Å². The van der Waals surface area contributed by atoms with Crippen molar-refractivity contribution in [2.45, 2.75) is 37.3 Å². The summed E-state index contributed by atoms with van der Waals surface area (Å²) in [6, 6.07) is 15.9. The van der Waals surface area contributed by atoms with Crippen molar-refractivity contribution in [2.75, 3.05) is 27.4 Å². The summed E-state index contributed by atoms with van der Waals surface area (Å²) in [7, 11) is 3.08. The van der Waals surface area contributed by atoms with Crippen molar-refractivity contribution in [1.82, 2.24) is 10.2 Å². The number of alkyl carbamates (subject to hydrolysis) is 1. The van der Waals surface area contributed by atoms with Gasteiger partial charge in [-0.3, -0.25) is 9.59 Å². The van der Waals surface area contributed by atoms with E-state index in [0.717, 1.165) is 22.3 Å². The van der Waals surface area contributed by atoms with Crippen molar-refractivity contribution in [2.24, 2.45) is 5.92 Å². The number of hydrogen-bond donors (Lipinski definition) is 2. The molecule has 1 atom stereocenters. The van der Waals surface area contributed by atoms with Crippen LogP contribution in [0.3, 0.4) is 0 Å². The summed E-state index contributed by atoms with van der Waals surface area (Å²) >= 11 is 0. The van der Waals surface area contributed by atoms with E-state index in [2.05, 4.69) is 17.4 Å². The van der Waals surface area contributed by atoms with Crippen LogP contribution >= 0.6 is 0 Å². The molecule has 2 aromatic carbocycles.